The maximum absolute atomic E-state index is 12.8. The van der Waals surface area contributed by atoms with Gasteiger partial charge in [0.1, 0.15) is 16.7 Å². The standard InChI is InChI=1S/C22H23ClN2O4/c1-27-11-10-25(21(26)15-29-18-6-4-3-5-7-18)14-17-12-16-13-19(28-2)8-9-20(16)24-22(17)23/h3-9,12-13H,10-11,14-15H2,1-2H3. The van der Waals surface area contributed by atoms with Crippen molar-refractivity contribution in [2.75, 3.05) is 34.0 Å². The molecule has 0 aliphatic heterocycles. The summed E-state index contributed by atoms with van der Waals surface area (Å²) in [5.41, 5.74) is 1.51. The van der Waals surface area contributed by atoms with Crippen LogP contribution in [0, 0.1) is 0 Å². The summed E-state index contributed by atoms with van der Waals surface area (Å²) in [5, 5.41) is 1.25. The van der Waals surface area contributed by atoms with Crippen LogP contribution in [0.1, 0.15) is 5.56 Å². The fourth-order valence-electron chi connectivity index (χ4n) is 2.86. The molecule has 0 saturated carbocycles. The quantitative estimate of drug-likeness (QED) is 0.496. The predicted molar refractivity (Wildman–Crippen MR) is 113 cm³/mol. The summed E-state index contributed by atoms with van der Waals surface area (Å²) in [5.74, 6) is 1.22. The second kappa shape index (κ2) is 10.1. The number of carbonyl (C=O) groups excluding carboxylic acids is 1. The molecule has 6 nitrogen and oxygen atoms in total. The highest BCUT2D eigenvalue weighted by molar-refractivity contribution is 6.30. The molecule has 0 radical (unpaired) electrons. The van der Waals surface area contributed by atoms with Crippen LogP contribution < -0.4 is 9.47 Å². The number of para-hydroxylation sites is 1. The van der Waals surface area contributed by atoms with Gasteiger partial charge < -0.3 is 19.1 Å². The maximum Gasteiger partial charge on any atom is 0.260 e. The SMILES string of the molecule is COCCN(Cc1cc2cc(OC)ccc2nc1Cl)C(=O)COc1ccccc1. The summed E-state index contributed by atoms with van der Waals surface area (Å²) in [6.45, 7) is 1.06. The van der Waals surface area contributed by atoms with Gasteiger partial charge in [-0.3, -0.25) is 4.79 Å². The highest BCUT2D eigenvalue weighted by Gasteiger charge is 2.17. The molecule has 0 spiro atoms. The molecule has 0 unspecified atom stereocenters. The largest absolute Gasteiger partial charge is 0.497 e. The Labute approximate surface area is 175 Å². The van der Waals surface area contributed by atoms with E-state index >= 15 is 0 Å². The number of methoxy groups -OCH3 is 2. The van der Waals surface area contributed by atoms with Crippen molar-refractivity contribution in [3.63, 3.8) is 0 Å². The number of rotatable bonds is 9. The number of halogens is 1. The summed E-state index contributed by atoms with van der Waals surface area (Å²) in [6, 6.07) is 16.7. The first-order valence-electron chi connectivity index (χ1n) is 9.18. The number of aromatic nitrogens is 1. The summed E-state index contributed by atoms with van der Waals surface area (Å²) >= 11 is 6.39. The van der Waals surface area contributed by atoms with Crippen LogP contribution in [0.25, 0.3) is 10.9 Å². The van der Waals surface area contributed by atoms with Crippen molar-refractivity contribution >= 4 is 28.4 Å². The highest BCUT2D eigenvalue weighted by atomic mass is 35.5. The minimum Gasteiger partial charge on any atom is -0.497 e. The Bertz CT molecular complexity index is 966. The summed E-state index contributed by atoms with van der Waals surface area (Å²) < 4.78 is 16.0. The summed E-state index contributed by atoms with van der Waals surface area (Å²) in [6.07, 6.45) is 0. The number of pyridine rings is 1. The van der Waals surface area contributed by atoms with E-state index in [9.17, 15) is 4.79 Å². The number of carbonyl (C=O) groups is 1. The Balaban J connectivity index is 1.78. The van der Waals surface area contributed by atoms with Crippen LogP contribution in [0.15, 0.2) is 54.6 Å². The topological polar surface area (TPSA) is 60.9 Å². The third-order valence-electron chi connectivity index (χ3n) is 4.43. The van der Waals surface area contributed by atoms with Crippen molar-refractivity contribution in [1.82, 2.24) is 9.88 Å². The first kappa shape index (κ1) is 20.9. The lowest BCUT2D eigenvalue weighted by Crippen LogP contribution is -2.37. The molecular formula is C22H23ClN2O4. The van der Waals surface area contributed by atoms with Crippen molar-refractivity contribution in [2.45, 2.75) is 6.54 Å². The van der Waals surface area contributed by atoms with Crippen LogP contribution in [0.5, 0.6) is 11.5 Å². The van der Waals surface area contributed by atoms with Gasteiger partial charge in [-0.05, 0) is 36.4 Å². The molecule has 152 valence electrons. The zero-order valence-electron chi connectivity index (χ0n) is 16.4. The molecular weight excluding hydrogens is 392 g/mol. The lowest BCUT2D eigenvalue weighted by atomic mass is 10.1. The van der Waals surface area contributed by atoms with Gasteiger partial charge in [-0.25, -0.2) is 4.98 Å². The summed E-state index contributed by atoms with van der Waals surface area (Å²) in [7, 11) is 3.21. The molecule has 3 aromatic rings. The lowest BCUT2D eigenvalue weighted by molar-refractivity contribution is -0.134. The summed E-state index contributed by atoms with van der Waals surface area (Å²) in [4.78, 5) is 18.9. The number of amides is 1. The van der Waals surface area contributed by atoms with Crippen molar-refractivity contribution in [1.29, 1.82) is 0 Å². The van der Waals surface area contributed by atoms with E-state index in [0.29, 0.717) is 30.6 Å². The van der Waals surface area contributed by atoms with Crippen molar-refractivity contribution in [2.24, 2.45) is 0 Å². The van der Waals surface area contributed by atoms with E-state index in [0.717, 1.165) is 22.2 Å². The fourth-order valence-corrected chi connectivity index (χ4v) is 3.07. The van der Waals surface area contributed by atoms with E-state index in [1.165, 1.54) is 0 Å². The Morgan fingerprint density at radius 1 is 1.07 bits per heavy atom. The molecule has 1 aromatic heterocycles. The number of ether oxygens (including phenoxy) is 3. The van der Waals surface area contributed by atoms with E-state index in [2.05, 4.69) is 4.98 Å². The fraction of sp³-hybridized carbons (Fsp3) is 0.273. The molecule has 29 heavy (non-hydrogen) atoms. The van der Waals surface area contributed by atoms with Gasteiger partial charge in [0.2, 0.25) is 0 Å². The average molecular weight is 415 g/mol. The second-order valence-electron chi connectivity index (χ2n) is 6.41. The van der Waals surface area contributed by atoms with E-state index in [1.54, 1.807) is 19.1 Å². The molecule has 2 aromatic carbocycles. The van der Waals surface area contributed by atoms with E-state index in [1.807, 2.05) is 54.6 Å². The van der Waals surface area contributed by atoms with Crippen LogP contribution >= 0.6 is 11.6 Å². The number of benzene rings is 2. The average Bonchev–Trinajstić information content (AvgIpc) is 2.75. The second-order valence-corrected chi connectivity index (χ2v) is 6.76. The van der Waals surface area contributed by atoms with Crippen LogP contribution in [0.3, 0.4) is 0 Å². The Kier molecular flexibility index (Phi) is 7.27. The van der Waals surface area contributed by atoms with Gasteiger partial charge in [-0.1, -0.05) is 29.8 Å². The van der Waals surface area contributed by atoms with Crippen molar-refractivity contribution < 1.29 is 19.0 Å². The van der Waals surface area contributed by atoms with Crippen molar-refractivity contribution in [3.8, 4) is 11.5 Å². The predicted octanol–water partition coefficient (Wildman–Crippen LogP) is 3.95. The van der Waals surface area contributed by atoms with Gasteiger partial charge in [0.25, 0.3) is 5.91 Å². The Morgan fingerprint density at radius 3 is 2.59 bits per heavy atom. The van der Waals surface area contributed by atoms with Gasteiger partial charge in [-0.2, -0.15) is 0 Å². The number of nitrogens with zero attached hydrogens (tertiary/aromatic N) is 2. The molecule has 1 amide bonds. The van der Waals surface area contributed by atoms with Gasteiger partial charge >= 0.3 is 0 Å². The molecule has 7 heteroatoms. The van der Waals surface area contributed by atoms with Crippen LogP contribution in [-0.4, -0.2) is 49.8 Å². The Morgan fingerprint density at radius 2 is 1.86 bits per heavy atom. The van der Waals surface area contributed by atoms with Gasteiger partial charge in [0.15, 0.2) is 6.61 Å². The molecule has 0 N–H and O–H groups in total. The minimum atomic E-state index is -0.160. The molecule has 0 bridgehead atoms. The van der Waals surface area contributed by atoms with Crippen molar-refractivity contribution in [3.05, 3.63) is 65.3 Å². The normalized spacial score (nSPS) is 10.7. The Hall–Kier alpha value is -2.83. The first-order valence-corrected chi connectivity index (χ1v) is 9.56. The molecule has 0 saturated heterocycles. The van der Waals surface area contributed by atoms with E-state index < -0.39 is 0 Å². The maximum atomic E-state index is 12.8. The number of hydrogen-bond acceptors (Lipinski definition) is 5. The minimum absolute atomic E-state index is 0.0693. The van der Waals surface area contributed by atoms with Gasteiger partial charge in [0, 0.05) is 31.1 Å². The van der Waals surface area contributed by atoms with Crippen LogP contribution in [-0.2, 0) is 16.1 Å². The highest BCUT2D eigenvalue weighted by Crippen LogP contribution is 2.25. The lowest BCUT2D eigenvalue weighted by Gasteiger charge is -2.23. The third kappa shape index (κ3) is 5.59. The molecule has 3 rings (SSSR count). The molecule has 0 aliphatic carbocycles. The number of fused-ring (bicyclic) bond motifs is 1. The number of hydrogen-bond donors (Lipinski definition) is 0. The van der Waals surface area contributed by atoms with Crippen LogP contribution in [0.2, 0.25) is 5.15 Å². The third-order valence-corrected chi connectivity index (χ3v) is 4.76. The van der Waals surface area contributed by atoms with E-state index in [-0.39, 0.29) is 12.5 Å². The zero-order valence-corrected chi connectivity index (χ0v) is 17.2. The van der Waals surface area contributed by atoms with Crippen LogP contribution in [0.4, 0.5) is 0 Å². The smallest absolute Gasteiger partial charge is 0.260 e. The van der Waals surface area contributed by atoms with Gasteiger partial charge in [-0.15, -0.1) is 0 Å². The van der Waals surface area contributed by atoms with E-state index in [4.69, 9.17) is 25.8 Å². The first-order chi connectivity index (χ1) is 14.1. The molecule has 0 fully saturated rings. The van der Waals surface area contributed by atoms with Gasteiger partial charge in [0.05, 0.1) is 19.2 Å². The zero-order chi connectivity index (χ0) is 20.6. The molecule has 1 heterocycles. The monoisotopic (exact) mass is 414 g/mol. The molecule has 0 aliphatic rings. The molecule has 0 atom stereocenters.